The second-order valence-corrected chi connectivity index (χ2v) is 8.30. The highest BCUT2D eigenvalue weighted by molar-refractivity contribution is 6.40. The zero-order valence-corrected chi connectivity index (χ0v) is 19.0. The first-order valence-electron chi connectivity index (χ1n) is 9.45. The van der Waals surface area contributed by atoms with Crippen molar-refractivity contribution in [2.45, 2.75) is 38.5 Å². The molecule has 0 saturated carbocycles. The number of nitrogens with one attached hydrogen (secondary N) is 2. The van der Waals surface area contributed by atoms with Crippen LogP contribution in [0.2, 0.25) is 10.0 Å². The molecule has 0 bridgehead atoms. The van der Waals surface area contributed by atoms with Crippen LogP contribution in [0.3, 0.4) is 0 Å². The maximum absolute atomic E-state index is 13.8. The van der Waals surface area contributed by atoms with E-state index in [-0.39, 0.29) is 6.54 Å². The molecule has 16 heteroatoms. The predicted molar refractivity (Wildman–Crippen MR) is 112 cm³/mol. The van der Waals surface area contributed by atoms with E-state index in [0.29, 0.717) is 17.1 Å². The standard InChI is InChI=1S/C19H14Cl2F9N5/c1-7(2)3-4-31-15-11-13(18(25,26)27)32-16(19(28,29)30)33-14(11)34-35(15)12-9(20)5-8(6-10(12)21)17(22,23)24/h3,5-6,14,34H,4H2,1-2H3,(H,32,33). The molecular weight excluding hydrogens is 540 g/mol. The lowest BCUT2D eigenvalue weighted by molar-refractivity contribution is -0.137. The van der Waals surface area contributed by atoms with Crippen molar-refractivity contribution in [1.82, 2.24) is 10.7 Å². The largest absolute Gasteiger partial charge is 0.449 e. The Bertz CT molecular complexity index is 1120. The summed E-state index contributed by atoms with van der Waals surface area (Å²) >= 11 is 12.0. The molecular formula is C19H14Cl2F9N5. The van der Waals surface area contributed by atoms with E-state index in [1.54, 1.807) is 13.8 Å². The number of halogens is 11. The van der Waals surface area contributed by atoms with Crippen LogP contribution in [0.5, 0.6) is 0 Å². The van der Waals surface area contributed by atoms with Crippen molar-refractivity contribution in [3.05, 3.63) is 50.7 Å². The molecule has 0 aliphatic carbocycles. The van der Waals surface area contributed by atoms with Gasteiger partial charge in [-0.3, -0.25) is 10.0 Å². The Morgan fingerprint density at radius 1 is 1.00 bits per heavy atom. The molecule has 2 N–H and O–H groups in total. The molecule has 1 atom stereocenters. The molecule has 3 rings (SSSR count). The fourth-order valence-corrected chi connectivity index (χ4v) is 3.79. The van der Waals surface area contributed by atoms with Crippen molar-refractivity contribution in [2.75, 3.05) is 11.6 Å². The smallest absolute Gasteiger partial charge is 0.332 e. The molecule has 0 amide bonds. The number of alkyl halides is 9. The Labute approximate surface area is 202 Å². The lowest BCUT2D eigenvalue weighted by Gasteiger charge is -2.25. The van der Waals surface area contributed by atoms with Crippen molar-refractivity contribution in [3.8, 4) is 0 Å². The summed E-state index contributed by atoms with van der Waals surface area (Å²) in [4.78, 5) is 7.30. The number of hydrogen-bond donors (Lipinski definition) is 2. The third kappa shape index (κ3) is 5.70. The van der Waals surface area contributed by atoms with Crippen molar-refractivity contribution in [3.63, 3.8) is 0 Å². The van der Waals surface area contributed by atoms with Crippen LogP contribution in [0.15, 0.2) is 45.0 Å². The van der Waals surface area contributed by atoms with Gasteiger partial charge in [0.05, 0.1) is 33.4 Å². The van der Waals surface area contributed by atoms with Gasteiger partial charge in [-0.15, -0.1) is 0 Å². The quantitative estimate of drug-likeness (QED) is 0.336. The Balaban J connectivity index is 2.25. The molecule has 2 heterocycles. The predicted octanol–water partition coefficient (Wildman–Crippen LogP) is 6.41. The third-order valence-corrected chi connectivity index (χ3v) is 5.19. The van der Waals surface area contributed by atoms with Crippen LogP contribution >= 0.6 is 23.2 Å². The van der Waals surface area contributed by atoms with Crippen molar-refractivity contribution in [1.29, 1.82) is 0 Å². The molecule has 1 fully saturated rings. The monoisotopic (exact) mass is 553 g/mol. The number of nitrogens with zero attached hydrogens (tertiary/aromatic N) is 3. The van der Waals surface area contributed by atoms with Gasteiger partial charge in [-0.2, -0.15) is 44.9 Å². The van der Waals surface area contributed by atoms with Gasteiger partial charge < -0.3 is 5.32 Å². The molecule has 0 spiro atoms. The second-order valence-electron chi connectivity index (χ2n) is 7.49. The summed E-state index contributed by atoms with van der Waals surface area (Å²) in [7, 11) is 0. The number of hydrogen-bond acceptors (Lipinski definition) is 4. The summed E-state index contributed by atoms with van der Waals surface area (Å²) in [6.07, 6.45) is -15.9. The molecule has 2 aliphatic rings. The zero-order chi connectivity index (χ0) is 26.5. The molecule has 1 saturated heterocycles. The van der Waals surface area contributed by atoms with Gasteiger partial charge in [0, 0.05) is 0 Å². The van der Waals surface area contributed by atoms with Crippen molar-refractivity contribution < 1.29 is 39.5 Å². The molecule has 5 nitrogen and oxygen atoms in total. The lowest BCUT2D eigenvalue weighted by atomic mass is 10.1. The van der Waals surface area contributed by atoms with Gasteiger partial charge in [-0.25, -0.2) is 4.99 Å². The van der Waals surface area contributed by atoms with Crippen LogP contribution in [0.4, 0.5) is 45.2 Å². The average Bonchev–Trinajstić information content (AvgIpc) is 3.02. The van der Waals surface area contributed by atoms with E-state index >= 15 is 0 Å². The Morgan fingerprint density at radius 3 is 2.03 bits per heavy atom. The number of fused-ring (bicyclic) bond motifs is 1. The van der Waals surface area contributed by atoms with E-state index in [1.165, 1.54) is 11.4 Å². The first-order chi connectivity index (χ1) is 15.9. The SMILES string of the molecule is CC(C)=CCN=C1C2=C(C(F)(F)F)NC(C(F)(F)F)=NC2NN1c1c(Cl)cc(C(F)(F)F)cc1Cl. The third-order valence-electron chi connectivity index (χ3n) is 4.61. The van der Waals surface area contributed by atoms with Crippen LogP contribution in [0.1, 0.15) is 19.4 Å². The van der Waals surface area contributed by atoms with E-state index in [2.05, 4.69) is 15.4 Å². The Kier molecular flexibility index (Phi) is 7.14. The first kappa shape index (κ1) is 27.1. The number of anilines is 1. The van der Waals surface area contributed by atoms with E-state index < -0.39 is 68.9 Å². The number of aliphatic imine (C=N–C) groups is 2. The van der Waals surface area contributed by atoms with E-state index in [4.69, 9.17) is 23.2 Å². The summed E-state index contributed by atoms with van der Waals surface area (Å²) in [5, 5.41) is 0.670. The number of rotatable bonds is 3. The molecule has 2 aliphatic heterocycles. The van der Waals surface area contributed by atoms with Crippen LogP contribution in [-0.2, 0) is 6.18 Å². The number of amidine groups is 2. The summed E-state index contributed by atoms with van der Waals surface area (Å²) in [6.45, 7) is 3.11. The maximum Gasteiger partial charge on any atom is 0.449 e. The highest BCUT2D eigenvalue weighted by Gasteiger charge is 2.52. The minimum absolute atomic E-state index is 0.219. The van der Waals surface area contributed by atoms with Gasteiger partial charge in [0.1, 0.15) is 11.9 Å². The normalized spacial score (nSPS) is 20.1. The number of benzene rings is 1. The zero-order valence-electron chi connectivity index (χ0n) is 17.5. The summed E-state index contributed by atoms with van der Waals surface area (Å²) in [6, 6.07) is 0.948. The van der Waals surface area contributed by atoms with Gasteiger partial charge in [0.15, 0.2) is 5.84 Å². The highest BCUT2D eigenvalue weighted by Crippen LogP contribution is 2.43. The summed E-state index contributed by atoms with van der Waals surface area (Å²) in [5.41, 5.74) is -1.31. The maximum atomic E-state index is 13.8. The van der Waals surface area contributed by atoms with Crippen LogP contribution in [-0.4, -0.2) is 36.7 Å². The highest BCUT2D eigenvalue weighted by atomic mass is 35.5. The summed E-state index contributed by atoms with van der Waals surface area (Å²) in [5.74, 6) is -2.51. The molecule has 1 aromatic rings. The van der Waals surface area contributed by atoms with E-state index in [1.807, 2.05) is 0 Å². The Hall–Kier alpha value is -2.45. The van der Waals surface area contributed by atoms with Gasteiger partial charge >= 0.3 is 18.5 Å². The average molecular weight is 554 g/mol. The van der Waals surface area contributed by atoms with Gasteiger partial charge in [0.2, 0.25) is 5.84 Å². The van der Waals surface area contributed by atoms with Crippen LogP contribution in [0.25, 0.3) is 0 Å². The fraction of sp³-hybridized carbons (Fsp3) is 0.368. The lowest BCUT2D eigenvalue weighted by Crippen LogP contribution is -2.47. The van der Waals surface area contributed by atoms with Crippen LogP contribution < -0.4 is 15.8 Å². The Morgan fingerprint density at radius 2 is 1.57 bits per heavy atom. The van der Waals surface area contributed by atoms with Gasteiger partial charge in [-0.1, -0.05) is 34.9 Å². The topological polar surface area (TPSA) is 52.0 Å². The van der Waals surface area contributed by atoms with Crippen molar-refractivity contribution in [2.24, 2.45) is 9.98 Å². The van der Waals surface area contributed by atoms with E-state index in [0.717, 1.165) is 5.57 Å². The van der Waals surface area contributed by atoms with Crippen molar-refractivity contribution >= 4 is 40.6 Å². The number of allylic oxidation sites excluding steroid dienone is 2. The summed E-state index contributed by atoms with van der Waals surface area (Å²) < 4.78 is 120. The minimum Gasteiger partial charge on any atom is -0.332 e. The second kappa shape index (κ2) is 9.21. The minimum atomic E-state index is -5.30. The number of hydrazine groups is 1. The fourth-order valence-electron chi connectivity index (χ4n) is 3.13. The van der Waals surface area contributed by atoms with Gasteiger partial charge in [-0.05, 0) is 26.0 Å². The molecule has 1 unspecified atom stereocenters. The molecule has 1 aromatic carbocycles. The van der Waals surface area contributed by atoms with Gasteiger partial charge in [0.25, 0.3) is 0 Å². The van der Waals surface area contributed by atoms with E-state index in [9.17, 15) is 39.5 Å². The molecule has 0 radical (unpaired) electrons. The van der Waals surface area contributed by atoms with Crippen LogP contribution in [0, 0.1) is 0 Å². The molecule has 0 aromatic heterocycles. The molecule has 35 heavy (non-hydrogen) atoms. The first-order valence-corrected chi connectivity index (χ1v) is 10.2. The molecule has 192 valence electrons.